The van der Waals surface area contributed by atoms with E-state index in [1.54, 1.807) is 0 Å². The van der Waals surface area contributed by atoms with Crippen LogP contribution in [0.15, 0.2) is 35.7 Å². The predicted molar refractivity (Wildman–Crippen MR) is 154 cm³/mol. The maximum Gasteiger partial charge on any atom is 0.311 e. The number of unbranched alkanes of at least 4 members (excludes halogenated alkanes) is 4. The van der Waals surface area contributed by atoms with Crippen LogP contribution in [0.2, 0.25) is 0 Å². The van der Waals surface area contributed by atoms with E-state index in [-0.39, 0.29) is 5.97 Å². The summed E-state index contributed by atoms with van der Waals surface area (Å²) in [5, 5.41) is 2.18. The number of rotatable bonds is 17. The van der Waals surface area contributed by atoms with Crippen LogP contribution in [0.4, 0.5) is 0 Å². The molecular weight excluding hydrogens is 462 g/mol. The van der Waals surface area contributed by atoms with Gasteiger partial charge >= 0.3 is 5.97 Å². The minimum absolute atomic E-state index is 0.0569. The number of hydrogen-bond donors (Lipinski definition) is 0. The molecule has 2 unspecified atom stereocenters. The summed E-state index contributed by atoms with van der Waals surface area (Å²) in [6, 6.07) is 11.3. The highest BCUT2D eigenvalue weighted by Gasteiger charge is 2.26. The van der Waals surface area contributed by atoms with Crippen LogP contribution in [0.3, 0.4) is 0 Å². The van der Waals surface area contributed by atoms with E-state index >= 15 is 0 Å². The van der Waals surface area contributed by atoms with Gasteiger partial charge in [0.2, 0.25) is 0 Å². The van der Waals surface area contributed by atoms with Crippen LogP contribution in [0, 0.1) is 5.92 Å². The molecule has 2 aromatic rings. The normalized spacial score (nSPS) is 16.2. The molecule has 4 heteroatoms. The van der Waals surface area contributed by atoms with E-state index in [2.05, 4.69) is 55.3 Å². The average molecular weight is 512 g/mol. The van der Waals surface area contributed by atoms with Crippen molar-refractivity contribution in [3.63, 3.8) is 0 Å². The van der Waals surface area contributed by atoms with E-state index in [0.29, 0.717) is 18.4 Å². The van der Waals surface area contributed by atoms with Crippen LogP contribution in [0.25, 0.3) is 0 Å². The molecule has 0 saturated carbocycles. The maximum absolute atomic E-state index is 12.8. The fraction of sp³-hybridized carbons (Fsp3) is 0.656. The van der Waals surface area contributed by atoms with Crippen molar-refractivity contribution in [2.24, 2.45) is 5.92 Å². The number of fused-ring (bicyclic) bond motifs is 1. The Morgan fingerprint density at radius 3 is 2.64 bits per heavy atom. The molecule has 3 rings (SSSR count). The lowest BCUT2D eigenvalue weighted by Gasteiger charge is -2.35. The van der Waals surface area contributed by atoms with E-state index in [1.807, 2.05) is 17.4 Å². The van der Waals surface area contributed by atoms with E-state index < -0.39 is 0 Å². The molecule has 0 amide bonds. The Labute approximate surface area is 224 Å². The fourth-order valence-electron chi connectivity index (χ4n) is 5.72. The number of esters is 1. The van der Waals surface area contributed by atoms with Gasteiger partial charge in [-0.25, -0.2) is 0 Å². The van der Waals surface area contributed by atoms with E-state index in [4.69, 9.17) is 4.74 Å². The Bertz CT molecular complexity index is 878. The monoisotopic (exact) mass is 511 g/mol. The van der Waals surface area contributed by atoms with Gasteiger partial charge in [-0.15, -0.1) is 11.3 Å². The maximum atomic E-state index is 12.8. The second-order valence-corrected chi connectivity index (χ2v) is 11.7. The number of hydrogen-bond acceptors (Lipinski definition) is 4. The zero-order chi connectivity index (χ0) is 25.6. The lowest BCUT2D eigenvalue weighted by molar-refractivity contribution is -0.134. The first-order valence-electron chi connectivity index (χ1n) is 14.7. The second-order valence-electron chi connectivity index (χ2n) is 10.6. The van der Waals surface area contributed by atoms with E-state index in [0.717, 1.165) is 57.4 Å². The minimum Gasteiger partial charge on any atom is -0.426 e. The molecule has 0 aliphatic heterocycles. The Morgan fingerprint density at radius 2 is 1.89 bits per heavy atom. The number of benzene rings is 1. The number of nitrogens with zero attached hydrogens (tertiary/aromatic N) is 1. The third-order valence-electron chi connectivity index (χ3n) is 7.94. The van der Waals surface area contributed by atoms with Gasteiger partial charge in [0, 0.05) is 23.9 Å². The van der Waals surface area contributed by atoms with Gasteiger partial charge in [0.15, 0.2) is 0 Å². The van der Waals surface area contributed by atoms with Crippen molar-refractivity contribution in [2.45, 2.75) is 117 Å². The molecule has 0 radical (unpaired) electrons. The van der Waals surface area contributed by atoms with Gasteiger partial charge in [-0.2, -0.15) is 0 Å². The number of thiophene rings is 1. The lowest BCUT2D eigenvalue weighted by Crippen LogP contribution is -2.41. The summed E-state index contributed by atoms with van der Waals surface area (Å²) in [6.07, 6.45) is 16.0. The largest absolute Gasteiger partial charge is 0.426 e. The summed E-state index contributed by atoms with van der Waals surface area (Å²) in [4.78, 5) is 16.9. The summed E-state index contributed by atoms with van der Waals surface area (Å²) >= 11 is 1.86. The van der Waals surface area contributed by atoms with Crippen molar-refractivity contribution in [2.75, 3.05) is 13.1 Å². The van der Waals surface area contributed by atoms with Crippen LogP contribution >= 0.6 is 11.3 Å². The molecule has 0 bridgehead atoms. The van der Waals surface area contributed by atoms with Crippen LogP contribution in [-0.2, 0) is 24.1 Å². The van der Waals surface area contributed by atoms with Crippen molar-refractivity contribution in [3.05, 3.63) is 51.7 Å². The van der Waals surface area contributed by atoms with Gasteiger partial charge in [-0.3, -0.25) is 9.69 Å². The third-order valence-corrected chi connectivity index (χ3v) is 8.88. The first-order chi connectivity index (χ1) is 17.6. The molecule has 0 spiro atoms. The van der Waals surface area contributed by atoms with Gasteiger partial charge in [-0.1, -0.05) is 83.9 Å². The SMILES string of the molecule is CCCCCCCC(CC)CCC(=O)Oc1cccc2c1CCC(N(CCC)CCc1cccs1)C2. The van der Waals surface area contributed by atoms with Crippen molar-refractivity contribution >= 4 is 17.3 Å². The Kier molecular flexibility index (Phi) is 13.0. The zero-order valence-electron chi connectivity index (χ0n) is 23.1. The predicted octanol–water partition coefficient (Wildman–Crippen LogP) is 8.63. The molecule has 0 fully saturated rings. The molecule has 200 valence electrons. The molecule has 1 aromatic heterocycles. The molecule has 0 saturated heterocycles. The molecule has 1 heterocycles. The molecule has 3 nitrogen and oxygen atoms in total. The molecule has 1 aliphatic carbocycles. The molecule has 36 heavy (non-hydrogen) atoms. The zero-order valence-corrected chi connectivity index (χ0v) is 23.9. The highest BCUT2D eigenvalue weighted by molar-refractivity contribution is 7.09. The number of ether oxygens (including phenoxy) is 1. The lowest BCUT2D eigenvalue weighted by atomic mass is 9.86. The Morgan fingerprint density at radius 1 is 1.03 bits per heavy atom. The first kappa shape index (κ1) is 28.9. The fourth-order valence-corrected chi connectivity index (χ4v) is 6.42. The number of carbonyl (C=O) groups excluding carboxylic acids is 1. The van der Waals surface area contributed by atoms with Crippen molar-refractivity contribution in [1.82, 2.24) is 4.90 Å². The van der Waals surface area contributed by atoms with Crippen molar-refractivity contribution in [1.29, 1.82) is 0 Å². The second kappa shape index (κ2) is 16.2. The summed E-state index contributed by atoms with van der Waals surface area (Å²) in [7, 11) is 0. The van der Waals surface area contributed by atoms with Crippen LogP contribution in [0.1, 0.15) is 107 Å². The summed E-state index contributed by atoms with van der Waals surface area (Å²) in [5.74, 6) is 1.39. The topological polar surface area (TPSA) is 29.5 Å². The third kappa shape index (κ3) is 9.34. The van der Waals surface area contributed by atoms with Gasteiger partial charge in [0.25, 0.3) is 0 Å². The van der Waals surface area contributed by atoms with Crippen molar-refractivity contribution < 1.29 is 9.53 Å². The summed E-state index contributed by atoms with van der Waals surface area (Å²) in [5.41, 5.74) is 2.63. The molecule has 1 aromatic carbocycles. The smallest absolute Gasteiger partial charge is 0.311 e. The highest BCUT2D eigenvalue weighted by atomic mass is 32.1. The van der Waals surface area contributed by atoms with Crippen LogP contribution < -0.4 is 4.74 Å². The molecule has 0 N–H and O–H groups in total. The van der Waals surface area contributed by atoms with Crippen LogP contribution in [-0.4, -0.2) is 30.0 Å². The molecule has 2 atom stereocenters. The van der Waals surface area contributed by atoms with E-state index in [9.17, 15) is 4.79 Å². The quantitative estimate of drug-likeness (QED) is 0.121. The minimum atomic E-state index is -0.0569. The molecule has 1 aliphatic rings. The Hall–Kier alpha value is -1.65. The summed E-state index contributed by atoms with van der Waals surface area (Å²) in [6.45, 7) is 9.07. The van der Waals surface area contributed by atoms with Gasteiger partial charge in [-0.05, 0) is 79.6 Å². The summed E-state index contributed by atoms with van der Waals surface area (Å²) < 4.78 is 5.95. The van der Waals surface area contributed by atoms with Crippen LogP contribution in [0.5, 0.6) is 5.75 Å². The average Bonchev–Trinajstić information content (AvgIpc) is 3.42. The molecular formula is C32H49NO2S. The number of carbonyl (C=O) groups is 1. The Balaban J connectivity index is 1.50. The van der Waals surface area contributed by atoms with Crippen molar-refractivity contribution in [3.8, 4) is 5.75 Å². The van der Waals surface area contributed by atoms with Gasteiger partial charge < -0.3 is 4.74 Å². The first-order valence-corrected chi connectivity index (χ1v) is 15.6. The van der Waals surface area contributed by atoms with Gasteiger partial charge in [0.1, 0.15) is 5.75 Å². The van der Waals surface area contributed by atoms with E-state index in [1.165, 1.54) is 60.9 Å². The van der Waals surface area contributed by atoms with Gasteiger partial charge in [0.05, 0.1) is 0 Å². The highest BCUT2D eigenvalue weighted by Crippen LogP contribution is 2.32. The standard InChI is InChI=1S/C32H49NO2S/c1-4-7-8-9-10-13-26(6-3)17-20-32(34)35-31-16-11-14-27-25-28(18-19-30(27)31)33(22-5-2)23-21-29-15-12-24-36-29/h11-12,14-16,24,26,28H,4-10,13,17-23,25H2,1-3H3.